The van der Waals surface area contributed by atoms with Crippen molar-refractivity contribution in [2.75, 3.05) is 0 Å². The summed E-state index contributed by atoms with van der Waals surface area (Å²) in [5, 5.41) is 12.1. The maximum Gasteiger partial charge on any atom is 0.186 e. The van der Waals surface area contributed by atoms with Crippen molar-refractivity contribution in [1.82, 2.24) is 19.9 Å². The Bertz CT molecular complexity index is 432. The van der Waals surface area contributed by atoms with E-state index in [1.54, 1.807) is 6.26 Å². The van der Waals surface area contributed by atoms with Crippen LogP contribution in [0.15, 0.2) is 16.9 Å². The van der Waals surface area contributed by atoms with Gasteiger partial charge in [-0.3, -0.25) is 0 Å². The number of nitrogens with zero attached hydrogens (tertiary/aromatic N) is 4. The average molecular weight is 190 g/mol. The molecule has 1 aliphatic heterocycles. The largest absolute Gasteiger partial charge is 0.364 e. The molecule has 5 nitrogen and oxygen atoms in total. The van der Waals surface area contributed by atoms with Crippen LogP contribution in [-0.2, 0) is 13.0 Å². The summed E-state index contributed by atoms with van der Waals surface area (Å²) < 4.78 is 6.92. The van der Waals surface area contributed by atoms with Crippen molar-refractivity contribution in [3.05, 3.63) is 18.2 Å². The first-order valence-electron chi connectivity index (χ1n) is 4.78. The van der Waals surface area contributed by atoms with Crippen molar-refractivity contribution in [2.24, 2.45) is 0 Å². The molecule has 0 fully saturated rings. The Morgan fingerprint density at radius 1 is 1.29 bits per heavy atom. The summed E-state index contributed by atoms with van der Waals surface area (Å²) >= 11 is 0. The van der Waals surface area contributed by atoms with Gasteiger partial charge in [0.2, 0.25) is 0 Å². The van der Waals surface area contributed by atoms with Gasteiger partial charge in [0, 0.05) is 19.0 Å². The minimum atomic E-state index is 0.769. The van der Waals surface area contributed by atoms with Crippen LogP contribution in [-0.4, -0.2) is 19.9 Å². The van der Waals surface area contributed by atoms with Crippen LogP contribution in [0.1, 0.15) is 18.7 Å². The highest BCUT2D eigenvalue weighted by Crippen LogP contribution is 2.20. The summed E-state index contributed by atoms with van der Waals surface area (Å²) in [6, 6.07) is 1.81. The lowest BCUT2D eigenvalue weighted by molar-refractivity contribution is 0.421. The number of fused-ring (bicyclic) bond motifs is 1. The number of aryl methyl sites for hydroxylation is 1. The van der Waals surface area contributed by atoms with E-state index in [4.69, 9.17) is 4.52 Å². The second kappa shape index (κ2) is 2.94. The molecule has 5 heteroatoms. The Balaban J connectivity index is 2.11. The van der Waals surface area contributed by atoms with Crippen LogP contribution in [0.3, 0.4) is 0 Å². The van der Waals surface area contributed by atoms with E-state index in [0.717, 1.165) is 30.3 Å². The van der Waals surface area contributed by atoms with Crippen molar-refractivity contribution in [3.8, 4) is 11.5 Å². The molecule has 2 aromatic heterocycles. The predicted molar refractivity (Wildman–Crippen MR) is 48.5 cm³/mol. The van der Waals surface area contributed by atoms with Gasteiger partial charge in [-0.2, -0.15) is 0 Å². The molecule has 3 rings (SSSR count). The van der Waals surface area contributed by atoms with E-state index in [0.29, 0.717) is 0 Å². The molecule has 0 unspecified atom stereocenters. The van der Waals surface area contributed by atoms with Crippen molar-refractivity contribution in [1.29, 1.82) is 0 Å². The van der Waals surface area contributed by atoms with Gasteiger partial charge in [-0.25, -0.2) is 0 Å². The SMILES string of the molecule is c1cc(-c2nnc3n2CCCC3)no1. The van der Waals surface area contributed by atoms with Gasteiger partial charge in [-0.1, -0.05) is 5.16 Å². The minimum Gasteiger partial charge on any atom is -0.364 e. The fraction of sp³-hybridized carbons (Fsp3) is 0.444. The molecule has 2 aromatic rings. The first kappa shape index (κ1) is 7.73. The Kier molecular flexibility index (Phi) is 1.62. The van der Waals surface area contributed by atoms with Crippen LogP contribution in [0.25, 0.3) is 11.5 Å². The Morgan fingerprint density at radius 3 is 3.14 bits per heavy atom. The van der Waals surface area contributed by atoms with Crippen LogP contribution in [0.2, 0.25) is 0 Å². The van der Waals surface area contributed by atoms with Crippen molar-refractivity contribution in [3.63, 3.8) is 0 Å². The van der Waals surface area contributed by atoms with E-state index in [1.165, 1.54) is 12.8 Å². The van der Waals surface area contributed by atoms with Crippen LogP contribution >= 0.6 is 0 Å². The van der Waals surface area contributed by atoms with E-state index < -0.39 is 0 Å². The van der Waals surface area contributed by atoms with E-state index >= 15 is 0 Å². The van der Waals surface area contributed by atoms with Gasteiger partial charge >= 0.3 is 0 Å². The van der Waals surface area contributed by atoms with Gasteiger partial charge < -0.3 is 9.09 Å². The maximum absolute atomic E-state index is 4.80. The summed E-state index contributed by atoms with van der Waals surface area (Å²) in [6.07, 6.45) is 4.97. The maximum atomic E-state index is 4.80. The van der Waals surface area contributed by atoms with Gasteiger partial charge in [-0.05, 0) is 12.8 Å². The zero-order chi connectivity index (χ0) is 9.38. The quantitative estimate of drug-likeness (QED) is 0.679. The summed E-state index contributed by atoms with van der Waals surface area (Å²) in [4.78, 5) is 0. The molecule has 0 saturated carbocycles. The highest BCUT2D eigenvalue weighted by atomic mass is 16.5. The highest BCUT2D eigenvalue weighted by Gasteiger charge is 2.18. The monoisotopic (exact) mass is 190 g/mol. The number of aromatic nitrogens is 4. The molecule has 0 N–H and O–H groups in total. The second-order valence-electron chi connectivity index (χ2n) is 3.43. The molecule has 3 heterocycles. The van der Waals surface area contributed by atoms with Crippen LogP contribution < -0.4 is 0 Å². The number of hydrogen-bond donors (Lipinski definition) is 0. The van der Waals surface area contributed by atoms with Crippen molar-refractivity contribution >= 4 is 0 Å². The fourth-order valence-corrected chi connectivity index (χ4v) is 1.83. The Hall–Kier alpha value is -1.65. The summed E-state index contributed by atoms with van der Waals surface area (Å²) in [5.74, 6) is 1.89. The van der Waals surface area contributed by atoms with Gasteiger partial charge in [0.05, 0.1) is 0 Å². The lowest BCUT2D eigenvalue weighted by atomic mass is 10.1. The van der Waals surface area contributed by atoms with E-state index in [-0.39, 0.29) is 0 Å². The molecule has 0 atom stereocenters. The molecule has 72 valence electrons. The summed E-state index contributed by atoms with van der Waals surface area (Å²) in [6.45, 7) is 0.991. The normalized spacial score (nSPS) is 15.4. The predicted octanol–water partition coefficient (Wildman–Crippen LogP) is 1.27. The molecule has 0 saturated heterocycles. The van der Waals surface area contributed by atoms with Crippen LogP contribution in [0.5, 0.6) is 0 Å². The fourth-order valence-electron chi connectivity index (χ4n) is 1.83. The highest BCUT2D eigenvalue weighted by molar-refractivity contribution is 5.47. The first-order chi connectivity index (χ1) is 6.95. The molecule has 0 radical (unpaired) electrons. The topological polar surface area (TPSA) is 56.7 Å². The van der Waals surface area contributed by atoms with Gasteiger partial charge in [0.15, 0.2) is 11.5 Å². The third-order valence-corrected chi connectivity index (χ3v) is 2.53. The zero-order valence-electron chi connectivity index (χ0n) is 7.68. The average Bonchev–Trinajstić information content (AvgIpc) is 2.85. The zero-order valence-corrected chi connectivity index (χ0v) is 7.68. The van der Waals surface area contributed by atoms with Crippen molar-refractivity contribution < 1.29 is 4.52 Å². The lowest BCUT2D eigenvalue weighted by Crippen LogP contribution is -2.11. The molecule has 1 aliphatic rings. The molecule has 0 aromatic carbocycles. The lowest BCUT2D eigenvalue weighted by Gasteiger charge is -2.13. The van der Waals surface area contributed by atoms with Crippen molar-refractivity contribution in [2.45, 2.75) is 25.8 Å². The van der Waals surface area contributed by atoms with Gasteiger partial charge in [-0.15, -0.1) is 10.2 Å². The molecule has 0 bridgehead atoms. The number of hydrogen-bond acceptors (Lipinski definition) is 4. The molecule has 0 spiro atoms. The summed E-state index contributed by atoms with van der Waals surface area (Å²) in [7, 11) is 0. The molecule has 0 amide bonds. The molecule has 14 heavy (non-hydrogen) atoms. The van der Waals surface area contributed by atoms with Crippen LogP contribution in [0, 0.1) is 0 Å². The van der Waals surface area contributed by atoms with Crippen LogP contribution in [0.4, 0.5) is 0 Å². The molecular weight excluding hydrogens is 180 g/mol. The molecular formula is C9H10N4O. The van der Waals surface area contributed by atoms with Gasteiger partial charge in [0.25, 0.3) is 0 Å². The van der Waals surface area contributed by atoms with E-state index in [9.17, 15) is 0 Å². The van der Waals surface area contributed by atoms with E-state index in [1.807, 2.05) is 6.07 Å². The number of rotatable bonds is 1. The summed E-state index contributed by atoms with van der Waals surface area (Å²) in [5.41, 5.74) is 0.769. The third kappa shape index (κ3) is 1.05. The van der Waals surface area contributed by atoms with Gasteiger partial charge in [0.1, 0.15) is 12.1 Å². The first-order valence-corrected chi connectivity index (χ1v) is 4.78. The Labute approximate surface area is 80.7 Å². The van der Waals surface area contributed by atoms with E-state index in [2.05, 4.69) is 19.9 Å². The smallest absolute Gasteiger partial charge is 0.186 e. The third-order valence-electron chi connectivity index (χ3n) is 2.53. The Morgan fingerprint density at radius 2 is 2.29 bits per heavy atom. The molecule has 0 aliphatic carbocycles. The second-order valence-corrected chi connectivity index (χ2v) is 3.43. The minimum absolute atomic E-state index is 0.769. The standard InChI is InChI=1S/C9H10N4O/c1-2-5-13-8(3-1)10-11-9(13)7-4-6-14-12-7/h4,6H,1-3,5H2.